The van der Waals surface area contributed by atoms with Crippen molar-refractivity contribution in [2.75, 3.05) is 54.1 Å². The second-order valence-electron chi connectivity index (χ2n) is 10.00. The van der Waals surface area contributed by atoms with Crippen LogP contribution in [0.4, 0.5) is 0 Å². The Morgan fingerprint density at radius 3 is 2.52 bits per heavy atom. The number of hydrazone groups is 1. The summed E-state index contributed by atoms with van der Waals surface area (Å²) in [5, 5.41) is 10.2. The summed E-state index contributed by atoms with van der Waals surface area (Å²) in [6.45, 7) is 4.45. The quantitative estimate of drug-likeness (QED) is 0.333. The summed E-state index contributed by atoms with van der Waals surface area (Å²) < 4.78 is 11.1. The average Bonchev–Trinajstić information content (AvgIpc) is 2.99. The second kappa shape index (κ2) is 13.9. The highest BCUT2D eigenvalue weighted by Gasteiger charge is 2.28. The summed E-state index contributed by atoms with van der Waals surface area (Å²) in [6.07, 6.45) is 3.29. The topological polar surface area (TPSA) is 96.3 Å². The van der Waals surface area contributed by atoms with E-state index in [-0.39, 0.29) is 30.2 Å². The van der Waals surface area contributed by atoms with Crippen molar-refractivity contribution in [3.8, 4) is 11.5 Å². The SMILES string of the molecule is CCOc1cc(C2=NN(C(=O)CO/N=C(\C(=O)N(C)C3CCN(C)CC3)c3ccccc3)CCC2)ccc1OC. The Morgan fingerprint density at radius 1 is 1.07 bits per heavy atom. The number of benzene rings is 2. The van der Waals surface area contributed by atoms with Gasteiger partial charge in [-0.25, -0.2) is 5.01 Å². The first-order chi connectivity index (χ1) is 19.4. The van der Waals surface area contributed by atoms with Gasteiger partial charge in [0, 0.05) is 30.8 Å². The Bertz CT molecular complexity index is 1220. The number of nitrogens with zero attached hydrogens (tertiary/aromatic N) is 5. The van der Waals surface area contributed by atoms with Crippen molar-refractivity contribution < 1.29 is 23.9 Å². The van der Waals surface area contributed by atoms with Crippen molar-refractivity contribution in [1.29, 1.82) is 0 Å². The molecule has 2 aliphatic heterocycles. The number of methoxy groups -OCH3 is 1. The van der Waals surface area contributed by atoms with E-state index in [2.05, 4.69) is 22.2 Å². The van der Waals surface area contributed by atoms with Crippen LogP contribution in [0.5, 0.6) is 11.5 Å². The standard InChI is InChI=1S/C30H39N5O5/c1-5-39-27-20-23(13-14-26(27)38-4)25-12-9-17-35(31-25)28(36)21-40-32-29(22-10-7-6-8-11-22)30(37)34(3)24-15-18-33(2)19-16-24/h6-8,10-11,13-14,20,24H,5,9,12,15-19,21H2,1-4H3/b32-29-. The van der Waals surface area contributed by atoms with Crippen LogP contribution in [0.15, 0.2) is 58.8 Å². The first-order valence-electron chi connectivity index (χ1n) is 13.8. The van der Waals surface area contributed by atoms with Gasteiger partial charge in [0.15, 0.2) is 23.8 Å². The highest BCUT2D eigenvalue weighted by molar-refractivity contribution is 6.45. The maximum absolute atomic E-state index is 13.5. The monoisotopic (exact) mass is 549 g/mol. The van der Waals surface area contributed by atoms with Crippen molar-refractivity contribution in [2.45, 2.75) is 38.6 Å². The maximum atomic E-state index is 13.5. The smallest absolute Gasteiger partial charge is 0.283 e. The number of hydrogen-bond acceptors (Lipinski definition) is 8. The fraction of sp³-hybridized carbons (Fsp3) is 0.467. The van der Waals surface area contributed by atoms with Gasteiger partial charge in [-0.3, -0.25) is 9.59 Å². The molecule has 0 radical (unpaired) electrons. The molecule has 0 spiro atoms. The zero-order chi connectivity index (χ0) is 28.5. The molecule has 0 aliphatic carbocycles. The summed E-state index contributed by atoms with van der Waals surface area (Å²) in [4.78, 5) is 36.0. The van der Waals surface area contributed by atoms with Gasteiger partial charge in [-0.1, -0.05) is 35.5 Å². The third kappa shape index (κ3) is 7.18. The number of carbonyl (C=O) groups excluding carboxylic acids is 2. The van der Waals surface area contributed by atoms with Crippen LogP contribution in [-0.4, -0.2) is 98.1 Å². The van der Waals surface area contributed by atoms with E-state index < -0.39 is 0 Å². The van der Waals surface area contributed by atoms with Crippen molar-refractivity contribution in [3.63, 3.8) is 0 Å². The van der Waals surface area contributed by atoms with Crippen LogP contribution in [0, 0.1) is 0 Å². The summed E-state index contributed by atoms with van der Waals surface area (Å²) >= 11 is 0. The predicted octanol–water partition coefficient (Wildman–Crippen LogP) is 3.39. The minimum Gasteiger partial charge on any atom is -0.493 e. The van der Waals surface area contributed by atoms with Gasteiger partial charge in [0.25, 0.3) is 11.8 Å². The molecule has 2 heterocycles. The minimum absolute atomic E-state index is 0.126. The molecule has 2 aliphatic rings. The number of hydrogen-bond donors (Lipinski definition) is 0. The van der Waals surface area contributed by atoms with Crippen LogP contribution in [0.2, 0.25) is 0 Å². The van der Waals surface area contributed by atoms with E-state index in [4.69, 9.17) is 14.3 Å². The highest BCUT2D eigenvalue weighted by Crippen LogP contribution is 2.29. The minimum atomic E-state index is -0.331. The molecule has 10 nitrogen and oxygen atoms in total. The Balaban J connectivity index is 1.46. The zero-order valence-corrected chi connectivity index (χ0v) is 23.8. The Kier molecular flexibility index (Phi) is 10.1. The van der Waals surface area contributed by atoms with E-state index in [1.165, 1.54) is 5.01 Å². The second-order valence-corrected chi connectivity index (χ2v) is 10.00. The summed E-state index contributed by atoms with van der Waals surface area (Å²) in [6, 6.07) is 15.0. The molecule has 214 valence electrons. The van der Waals surface area contributed by atoms with E-state index in [9.17, 15) is 9.59 Å². The number of likely N-dealkylation sites (N-methyl/N-ethyl adjacent to an activating group) is 1. The van der Waals surface area contributed by atoms with E-state index in [0.29, 0.717) is 30.2 Å². The Morgan fingerprint density at radius 2 is 1.82 bits per heavy atom. The number of piperidine rings is 1. The van der Waals surface area contributed by atoms with Gasteiger partial charge < -0.3 is 24.1 Å². The molecular weight excluding hydrogens is 510 g/mol. The van der Waals surface area contributed by atoms with Gasteiger partial charge in [-0.05, 0) is 70.9 Å². The third-order valence-corrected chi connectivity index (χ3v) is 7.26. The molecule has 0 atom stereocenters. The average molecular weight is 550 g/mol. The molecule has 1 fully saturated rings. The number of oxime groups is 1. The molecule has 2 amide bonds. The van der Waals surface area contributed by atoms with E-state index in [1.807, 2.05) is 62.5 Å². The highest BCUT2D eigenvalue weighted by atomic mass is 16.6. The Hall–Kier alpha value is -3.92. The molecule has 0 bridgehead atoms. The molecule has 4 rings (SSSR count). The van der Waals surface area contributed by atoms with Crippen LogP contribution in [0.1, 0.15) is 43.7 Å². The largest absolute Gasteiger partial charge is 0.493 e. The van der Waals surface area contributed by atoms with Gasteiger partial charge in [-0.15, -0.1) is 0 Å². The van der Waals surface area contributed by atoms with Gasteiger partial charge in [0.05, 0.1) is 19.4 Å². The number of rotatable bonds is 10. The summed E-state index contributed by atoms with van der Waals surface area (Å²) in [5.41, 5.74) is 2.48. The Labute approximate surface area is 236 Å². The predicted molar refractivity (Wildman–Crippen MR) is 154 cm³/mol. The van der Waals surface area contributed by atoms with Crippen LogP contribution in [0.3, 0.4) is 0 Å². The lowest BCUT2D eigenvalue weighted by molar-refractivity contribution is -0.136. The van der Waals surface area contributed by atoms with Crippen LogP contribution in [0.25, 0.3) is 0 Å². The molecule has 0 saturated carbocycles. The fourth-order valence-corrected chi connectivity index (χ4v) is 4.90. The molecule has 2 aromatic rings. The van der Waals surface area contributed by atoms with E-state index in [0.717, 1.165) is 50.0 Å². The molecule has 1 saturated heterocycles. The van der Waals surface area contributed by atoms with Gasteiger partial charge in [0.1, 0.15) is 0 Å². The molecule has 0 aromatic heterocycles. The summed E-state index contributed by atoms with van der Waals surface area (Å²) in [5.74, 6) is 0.722. The third-order valence-electron chi connectivity index (χ3n) is 7.26. The van der Waals surface area contributed by atoms with Gasteiger partial charge in [0.2, 0.25) is 0 Å². The first-order valence-corrected chi connectivity index (χ1v) is 13.8. The first kappa shape index (κ1) is 29.1. The number of likely N-dealkylation sites (tertiary alicyclic amines) is 1. The summed E-state index contributed by atoms with van der Waals surface area (Å²) in [7, 11) is 5.49. The van der Waals surface area contributed by atoms with E-state index >= 15 is 0 Å². The van der Waals surface area contributed by atoms with Gasteiger partial charge >= 0.3 is 0 Å². The lowest BCUT2D eigenvalue weighted by Gasteiger charge is -2.35. The van der Waals surface area contributed by atoms with Crippen LogP contribution in [-0.2, 0) is 14.4 Å². The number of ether oxygens (including phenoxy) is 2. The van der Waals surface area contributed by atoms with Gasteiger partial charge in [-0.2, -0.15) is 5.10 Å². The lowest BCUT2D eigenvalue weighted by Crippen LogP contribution is -2.47. The molecule has 0 unspecified atom stereocenters. The van der Waals surface area contributed by atoms with Crippen molar-refractivity contribution in [3.05, 3.63) is 59.7 Å². The fourth-order valence-electron chi connectivity index (χ4n) is 4.90. The lowest BCUT2D eigenvalue weighted by atomic mass is 10.0. The van der Waals surface area contributed by atoms with Crippen LogP contribution < -0.4 is 9.47 Å². The molecule has 10 heteroatoms. The molecular formula is C30H39N5O5. The number of carbonyl (C=O) groups is 2. The van der Waals surface area contributed by atoms with Crippen molar-refractivity contribution in [2.24, 2.45) is 10.3 Å². The molecule has 2 aromatic carbocycles. The van der Waals surface area contributed by atoms with Crippen molar-refractivity contribution >= 4 is 23.2 Å². The number of amides is 2. The van der Waals surface area contributed by atoms with Crippen molar-refractivity contribution in [1.82, 2.24) is 14.8 Å². The zero-order valence-electron chi connectivity index (χ0n) is 23.8. The van der Waals surface area contributed by atoms with E-state index in [1.54, 1.807) is 12.0 Å². The normalized spacial score (nSPS) is 16.8. The van der Waals surface area contributed by atoms with Crippen LogP contribution >= 0.6 is 0 Å². The molecule has 0 N–H and O–H groups in total. The maximum Gasteiger partial charge on any atom is 0.283 e. The molecule has 40 heavy (non-hydrogen) atoms.